The Morgan fingerprint density at radius 3 is 1.91 bits per heavy atom. The highest BCUT2D eigenvalue weighted by molar-refractivity contribution is 5.89. The molecule has 3 aromatic rings. The van der Waals surface area contributed by atoms with Crippen LogP contribution in [0.2, 0.25) is 0 Å². The lowest BCUT2D eigenvalue weighted by Gasteiger charge is -2.18. The lowest BCUT2D eigenvalue weighted by Crippen LogP contribution is -2.32. The van der Waals surface area contributed by atoms with Crippen LogP contribution >= 0.6 is 0 Å². The zero-order valence-corrected chi connectivity index (χ0v) is 17.9. The average molecular weight is 448 g/mol. The molecule has 0 atom stereocenters. The molecule has 0 aliphatic carbocycles. The fourth-order valence-corrected chi connectivity index (χ4v) is 3.08. The topological polar surface area (TPSA) is 107 Å². The number of ether oxygens (including phenoxy) is 2. The molecule has 0 fully saturated rings. The number of benzene rings is 2. The van der Waals surface area contributed by atoms with Gasteiger partial charge < -0.3 is 9.47 Å². The Hall–Kier alpha value is -4.20. The molecule has 33 heavy (non-hydrogen) atoms. The van der Waals surface area contributed by atoms with Gasteiger partial charge in [-0.25, -0.2) is 14.4 Å². The van der Waals surface area contributed by atoms with Crippen LogP contribution < -0.4 is 11.2 Å². The van der Waals surface area contributed by atoms with E-state index in [1.165, 1.54) is 16.8 Å². The third kappa shape index (κ3) is 6.64. The second-order valence-electron chi connectivity index (χ2n) is 7.32. The smallest absolute Gasteiger partial charge is 0.338 e. The number of aromatic amines is 1. The zero-order valence-electron chi connectivity index (χ0n) is 17.9. The lowest BCUT2D eigenvalue weighted by molar-refractivity contribution is 0.0240. The van der Waals surface area contributed by atoms with Crippen LogP contribution in [-0.4, -0.2) is 34.7 Å². The number of nitrogens with one attached hydrogen (secondary N) is 1. The van der Waals surface area contributed by atoms with E-state index in [9.17, 15) is 19.2 Å². The molecule has 1 aromatic heterocycles. The monoisotopic (exact) mass is 448 g/mol. The first kappa shape index (κ1) is 23.5. The van der Waals surface area contributed by atoms with Gasteiger partial charge in [0.25, 0.3) is 5.56 Å². The number of rotatable bonds is 10. The number of carbonyl (C=O) groups excluding carboxylic acids is 2. The predicted octanol–water partition coefficient (Wildman–Crippen LogP) is 2.90. The van der Waals surface area contributed by atoms with E-state index < -0.39 is 23.2 Å². The van der Waals surface area contributed by atoms with E-state index in [0.717, 1.165) is 0 Å². The van der Waals surface area contributed by atoms with Gasteiger partial charge in [-0.3, -0.25) is 14.3 Å². The van der Waals surface area contributed by atoms with Gasteiger partial charge in [-0.15, -0.1) is 0 Å². The van der Waals surface area contributed by atoms with Crippen molar-refractivity contribution in [1.82, 2.24) is 9.55 Å². The first-order valence-electron chi connectivity index (χ1n) is 10.4. The number of hydrogen-bond acceptors (Lipinski definition) is 6. The highest BCUT2D eigenvalue weighted by atomic mass is 16.5. The summed E-state index contributed by atoms with van der Waals surface area (Å²) in [6.07, 6.45) is 3.12. The highest BCUT2D eigenvalue weighted by Crippen LogP contribution is 2.11. The molecule has 0 amide bonds. The van der Waals surface area contributed by atoms with Gasteiger partial charge in [-0.1, -0.05) is 49.1 Å². The van der Waals surface area contributed by atoms with Crippen molar-refractivity contribution in [3.63, 3.8) is 0 Å². The van der Waals surface area contributed by atoms with Crippen LogP contribution in [0.3, 0.4) is 0 Å². The number of aryl methyl sites for hydroxylation is 1. The van der Waals surface area contributed by atoms with E-state index in [0.29, 0.717) is 17.5 Å². The Kier molecular flexibility index (Phi) is 8.13. The minimum absolute atomic E-state index is 0.0117. The molecule has 0 aliphatic heterocycles. The Morgan fingerprint density at radius 2 is 1.42 bits per heavy atom. The van der Waals surface area contributed by atoms with Gasteiger partial charge in [0.1, 0.15) is 0 Å². The number of hydrogen-bond donors (Lipinski definition) is 1. The van der Waals surface area contributed by atoms with Crippen molar-refractivity contribution in [3.8, 4) is 0 Å². The summed E-state index contributed by atoms with van der Waals surface area (Å²) in [5, 5.41) is 0. The van der Waals surface area contributed by atoms with Gasteiger partial charge in [-0.2, -0.15) is 0 Å². The van der Waals surface area contributed by atoms with E-state index >= 15 is 0 Å². The normalized spacial score (nSPS) is 10.6. The first-order chi connectivity index (χ1) is 16.0. The van der Waals surface area contributed by atoms with Gasteiger partial charge in [-0.05, 0) is 30.7 Å². The van der Waals surface area contributed by atoms with E-state index in [4.69, 9.17) is 9.47 Å². The van der Waals surface area contributed by atoms with Crippen LogP contribution in [0.25, 0.3) is 6.08 Å². The minimum atomic E-state index is -0.563. The summed E-state index contributed by atoms with van der Waals surface area (Å²) < 4.78 is 12.2. The molecule has 0 saturated heterocycles. The van der Waals surface area contributed by atoms with Crippen LogP contribution in [-0.2, 0) is 16.0 Å². The number of H-pyrrole nitrogens is 1. The van der Waals surface area contributed by atoms with Crippen molar-refractivity contribution in [2.45, 2.75) is 13.0 Å². The molecule has 8 nitrogen and oxygen atoms in total. The SMILES string of the molecule is C=Cc1cn(CCC(COC(=O)c2ccccc2)COC(=O)c2ccccc2)c(=O)[nH]c1=O. The maximum atomic E-state index is 12.3. The summed E-state index contributed by atoms with van der Waals surface area (Å²) in [5.41, 5.74) is -0.00419. The molecule has 1 N–H and O–H groups in total. The maximum Gasteiger partial charge on any atom is 0.338 e. The lowest BCUT2D eigenvalue weighted by atomic mass is 10.1. The molecule has 2 aromatic carbocycles. The van der Waals surface area contributed by atoms with Crippen molar-refractivity contribution in [1.29, 1.82) is 0 Å². The summed E-state index contributed by atoms with van der Waals surface area (Å²) in [7, 11) is 0. The number of aromatic nitrogens is 2. The summed E-state index contributed by atoms with van der Waals surface area (Å²) in [6.45, 7) is 3.75. The van der Waals surface area contributed by atoms with Gasteiger partial charge in [0.2, 0.25) is 0 Å². The van der Waals surface area contributed by atoms with Crippen molar-refractivity contribution < 1.29 is 19.1 Å². The van der Waals surface area contributed by atoms with Crippen LogP contribution in [0.15, 0.2) is 83.0 Å². The average Bonchev–Trinajstić information content (AvgIpc) is 2.85. The van der Waals surface area contributed by atoms with Crippen LogP contribution in [0.5, 0.6) is 0 Å². The Bertz CT molecular complexity index is 1160. The molecule has 0 radical (unpaired) electrons. The summed E-state index contributed by atoms with van der Waals surface area (Å²) in [4.78, 5) is 50.7. The van der Waals surface area contributed by atoms with E-state index in [1.807, 2.05) is 0 Å². The molecule has 0 unspecified atom stereocenters. The highest BCUT2D eigenvalue weighted by Gasteiger charge is 2.17. The van der Waals surface area contributed by atoms with Gasteiger partial charge in [0.05, 0.1) is 29.9 Å². The number of esters is 2. The van der Waals surface area contributed by atoms with Gasteiger partial charge in [0, 0.05) is 18.7 Å². The largest absolute Gasteiger partial charge is 0.462 e. The molecular weight excluding hydrogens is 424 g/mol. The quantitative estimate of drug-likeness (QED) is 0.478. The Balaban J connectivity index is 1.68. The standard InChI is InChI=1S/C25H24N2O6/c1-2-19-15-27(25(31)26-22(19)28)14-13-18(16-32-23(29)20-9-5-3-6-10-20)17-33-24(30)21-11-7-4-8-12-21/h2-12,15,18H,1,13-14,16-17H2,(H,26,28,31). The van der Waals surface area contributed by atoms with Crippen molar-refractivity contribution in [2.24, 2.45) is 5.92 Å². The molecule has 0 spiro atoms. The second kappa shape index (κ2) is 11.4. The molecule has 170 valence electrons. The van der Waals surface area contributed by atoms with Crippen LogP contribution in [0, 0.1) is 5.92 Å². The summed E-state index contributed by atoms with van der Waals surface area (Å²) in [5.74, 6) is -1.37. The van der Waals surface area contributed by atoms with Crippen LogP contribution in [0.4, 0.5) is 0 Å². The fourth-order valence-electron chi connectivity index (χ4n) is 3.08. The predicted molar refractivity (Wildman–Crippen MR) is 123 cm³/mol. The fraction of sp³-hybridized carbons (Fsp3) is 0.200. The Morgan fingerprint density at radius 1 is 0.909 bits per heavy atom. The van der Waals surface area contributed by atoms with E-state index in [-0.39, 0.29) is 31.2 Å². The third-order valence-electron chi connectivity index (χ3n) is 4.96. The molecular formula is C25H24N2O6. The first-order valence-corrected chi connectivity index (χ1v) is 10.4. The maximum absolute atomic E-state index is 12.3. The van der Waals surface area contributed by atoms with Crippen LogP contribution in [0.1, 0.15) is 32.7 Å². The molecule has 1 heterocycles. The zero-order chi connectivity index (χ0) is 23.6. The van der Waals surface area contributed by atoms with Crippen molar-refractivity contribution in [3.05, 3.63) is 111 Å². The molecule has 3 rings (SSSR count). The minimum Gasteiger partial charge on any atom is -0.462 e. The van der Waals surface area contributed by atoms with E-state index in [2.05, 4.69) is 11.6 Å². The molecule has 0 aliphatic rings. The van der Waals surface area contributed by atoms with Crippen molar-refractivity contribution in [2.75, 3.05) is 13.2 Å². The summed E-state index contributed by atoms with van der Waals surface area (Å²) >= 11 is 0. The number of carbonyl (C=O) groups is 2. The Labute approximate surface area is 190 Å². The number of nitrogens with zero attached hydrogens (tertiary/aromatic N) is 1. The molecule has 8 heteroatoms. The summed E-state index contributed by atoms with van der Waals surface area (Å²) in [6, 6.07) is 17.1. The molecule has 0 saturated carbocycles. The second-order valence-corrected chi connectivity index (χ2v) is 7.32. The van der Waals surface area contributed by atoms with Crippen molar-refractivity contribution >= 4 is 18.0 Å². The van der Waals surface area contributed by atoms with E-state index in [1.54, 1.807) is 60.7 Å². The molecule has 0 bridgehead atoms. The third-order valence-corrected chi connectivity index (χ3v) is 4.96. The van der Waals surface area contributed by atoms with Gasteiger partial charge in [0.15, 0.2) is 0 Å². The van der Waals surface area contributed by atoms with Gasteiger partial charge >= 0.3 is 17.6 Å².